The van der Waals surface area contributed by atoms with Gasteiger partial charge >= 0.3 is 5.97 Å². The van der Waals surface area contributed by atoms with Crippen molar-refractivity contribution in [2.45, 2.75) is 20.3 Å². The Morgan fingerprint density at radius 2 is 2.38 bits per heavy atom. The minimum Gasteiger partial charge on any atom is -0.469 e. The summed E-state index contributed by atoms with van der Waals surface area (Å²) in [6.45, 7) is 3.81. The van der Waals surface area contributed by atoms with Crippen molar-refractivity contribution in [1.82, 2.24) is 9.97 Å². The number of nitrogens with one attached hydrogen (secondary N) is 1. The van der Waals surface area contributed by atoms with E-state index >= 15 is 0 Å². The Bertz CT molecular complexity index is 192. The minimum atomic E-state index is -0.118. The van der Waals surface area contributed by atoms with Gasteiger partial charge in [0, 0.05) is 12.4 Å². The van der Waals surface area contributed by atoms with Gasteiger partial charge in [0.1, 0.15) is 0 Å². The van der Waals surface area contributed by atoms with Crippen LogP contribution in [0.25, 0.3) is 0 Å². The summed E-state index contributed by atoms with van der Waals surface area (Å²) >= 11 is 0. The molecule has 1 N–H and O–H groups in total. The molecule has 0 spiro atoms. The number of ether oxygens (including phenoxy) is 1. The Morgan fingerprint density at radius 1 is 1.69 bits per heavy atom. The van der Waals surface area contributed by atoms with Crippen LogP contribution in [0.4, 0.5) is 0 Å². The first kappa shape index (κ1) is 11.7. The minimum absolute atomic E-state index is 0.0556. The van der Waals surface area contributed by atoms with Gasteiger partial charge in [-0.2, -0.15) is 0 Å². The zero-order chi connectivity index (χ0) is 10.1. The third kappa shape index (κ3) is 5.90. The second-order valence-electron chi connectivity index (χ2n) is 2.59. The number of carbonyl (C=O) groups is 1. The van der Waals surface area contributed by atoms with Crippen LogP contribution < -0.4 is 0 Å². The Morgan fingerprint density at radius 3 is 2.54 bits per heavy atom. The van der Waals surface area contributed by atoms with Gasteiger partial charge in [0.25, 0.3) is 0 Å². The number of H-pyrrole nitrogens is 1. The van der Waals surface area contributed by atoms with Gasteiger partial charge in [-0.15, -0.1) is 0 Å². The van der Waals surface area contributed by atoms with Crippen LogP contribution in [0.3, 0.4) is 0 Å². The summed E-state index contributed by atoms with van der Waals surface area (Å²) in [7, 11) is 1.41. The quantitative estimate of drug-likeness (QED) is 0.710. The highest BCUT2D eigenvalue weighted by Crippen LogP contribution is 2.00. The number of nitrogens with zero attached hydrogens (tertiary/aromatic N) is 1. The number of methoxy groups -OCH3 is 1. The highest BCUT2D eigenvalue weighted by Gasteiger charge is 2.08. The van der Waals surface area contributed by atoms with Crippen molar-refractivity contribution < 1.29 is 9.53 Å². The second kappa shape index (κ2) is 7.34. The number of carbonyl (C=O) groups excluding carboxylic acids is 1. The molecular formula is C9H16N2O2. The van der Waals surface area contributed by atoms with Crippen LogP contribution in [0, 0.1) is 5.92 Å². The first-order valence-electron chi connectivity index (χ1n) is 4.22. The zero-order valence-corrected chi connectivity index (χ0v) is 8.28. The lowest BCUT2D eigenvalue weighted by atomic mass is 10.1. The third-order valence-electron chi connectivity index (χ3n) is 1.62. The molecule has 1 heterocycles. The lowest BCUT2D eigenvalue weighted by Crippen LogP contribution is -2.10. The Hall–Kier alpha value is -1.32. The largest absolute Gasteiger partial charge is 0.469 e. The molecule has 0 aliphatic heterocycles. The van der Waals surface area contributed by atoms with E-state index in [1.54, 1.807) is 18.7 Å². The predicted molar refractivity (Wildman–Crippen MR) is 50.1 cm³/mol. The fourth-order valence-electron chi connectivity index (χ4n) is 0.583. The maximum absolute atomic E-state index is 10.5. The number of esters is 1. The monoisotopic (exact) mass is 184 g/mol. The fourth-order valence-corrected chi connectivity index (χ4v) is 0.583. The van der Waals surface area contributed by atoms with Gasteiger partial charge in [0.2, 0.25) is 0 Å². The van der Waals surface area contributed by atoms with E-state index in [4.69, 9.17) is 0 Å². The maximum atomic E-state index is 10.5. The summed E-state index contributed by atoms with van der Waals surface area (Å²) < 4.78 is 4.46. The number of aromatic amines is 1. The SMILES string of the molecule is CCC(C)C(=O)OC.c1c[nH]cn1. The van der Waals surface area contributed by atoms with E-state index < -0.39 is 0 Å². The van der Waals surface area contributed by atoms with E-state index in [0.717, 1.165) is 6.42 Å². The molecule has 0 aliphatic carbocycles. The summed E-state index contributed by atoms with van der Waals surface area (Å²) in [5, 5.41) is 0. The van der Waals surface area contributed by atoms with Crippen molar-refractivity contribution in [3.8, 4) is 0 Å². The Balaban J connectivity index is 0.000000243. The molecule has 0 aromatic carbocycles. The van der Waals surface area contributed by atoms with Crippen LogP contribution in [0.2, 0.25) is 0 Å². The van der Waals surface area contributed by atoms with Crippen molar-refractivity contribution in [3.05, 3.63) is 18.7 Å². The molecule has 1 unspecified atom stereocenters. The molecule has 1 atom stereocenters. The number of hydrogen-bond donors (Lipinski definition) is 1. The van der Waals surface area contributed by atoms with Gasteiger partial charge < -0.3 is 9.72 Å². The van der Waals surface area contributed by atoms with Crippen molar-refractivity contribution >= 4 is 5.97 Å². The van der Waals surface area contributed by atoms with E-state index in [9.17, 15) is 4.79 Å². The standard InChI is InChI=1S/C6H12O2.C3H4N2/c1-4-5(2)6(7)8-3;1-2-5-3-4-1/h5H,4H2,1-3H3;1-3H,(H,4,5). The Kier molecular flexibility index (Phi) is 6.59. The molecule has 1 aromatic heterocycles. The van der Waals surface area contributed by atoms with Gasteiger partial charge in [0.05, 0.1) is 19.4 Å². The molecule has 0 radical (unpaired) electrons. The topological polar surface area (TPSA) is 55.0 Å². The summed E-state index contributed by atoms with van der Waals surface area (Å²) in [4.78, 5) is 16.9. The summed E-state index contributed by atoms with van der Waals surface area (Å²) in [6, 6.07) is 0. The molecule has 0 saturated heterocycles. The Labute approximate surface area is 78.3 Å². The van der Waals surface area contributed by atoms with Gasteiger partial charge in [-0.25, -0.2) is 4.98 Å². The highest BCUT2D eigenvalue weighted by atomic mass is 16.5. The molecule has 13 heavy (non-hydrogen) atoms. The van der Waals surface area contributed by atoms with Gasteiger partial charge in [-0.05, 0) is 6.42 Å². The fraction of sp³-hybridized carbons (Fsp3) is 0.556. The summed E-state index contributed by atoms with van der Waals surface area (Å²) in [5.41, 5.74) is 0. The van der Waals surface area contributed by atoms with Crippen molar-refractivity contribution in [3.63, 3.8) is 0 Å². The van der Waals surface area contributed by atoms with Crippen LogP contribution in [0.1, 0.15) is 20.3 Å². The molecule has 0 fully saturated rings. The van der Waals surface area contributed by atoms with Crippen LogP contribution in [-0.4, -0.2) is 23.0 Å². The molecule has 1 aromatic rings. The average molecular weight is 184 g/mol. The smallest absolute Gasteiger partial charge is 0.308 e. The zero-order valence-electron chi connectivity index (χ0n) is 8.28. The molecule has 4 heteroatoms. The maximum Gasteiger partial charge on any atom is 0.308 e. The summed E-state index contributed by atoms with van der Waals surface area (Å²) in [5.74, 6) is -0.0625. The molecule has 0 bridgehead atoms. The second-order valence-corrected chi connectivity index (χ2v) is 2.59. The van der Waals surface area contributed by atoms with E-state index in [0.29, 0.717) is 0 Å². The average Bonchev–Trinajstić information content (AvgIpc) is 2.73. The van der Waals surface area contributed by atoms with Crippen molar-refractivity contribution in [2.75, 3.05) is 7.11 Å². The molecule has 0 aliphatic rings. The van der Waals surface area contributed by atoms with E-state index in [2.05, 4.69) is 14.7 Å². The van der Waals surface area contributed by atoms with Gasteiger partial charge in [0.15, 0.2) is 0 Å². The first-order chi connectivity index (χ1) is 6.22. The van der Waals surface area contributed by atoms with E-state index in [-0.39, 0.29) is 11.9 Å². The summed E-state index contributed by atoms with van der Waals surface area (Å²) in [6.07, 6.45) is 5.94. The van der Waals surface area contributed by atoms with Crippen LogP contribution in [0.5, 0.6) is 0 Å². The molecule has 0 saturated carbocycles. The lowest BCUT2D eigenvalue weighted by molar-refractivity contribution is -0.144. The molecule has 1 rings (SSSR count). The molecule has 0 amide bonds. The highest BCUT2D eigenvalue weighted by molar-refractivity contribution is 5.71. The lowest BCUT2D eigenvalue weighted by Gasteiger charge is -2.02. The van der Waals surface area contributed by atoms with E-state index in [1.807, 2.05) is 13.8 Å². The normalized spacial score (nSPS) is 11.0. The molecular weight excluding hydrogens is 168 g/mol. The number of hydrogen-bond acceptors (Lipinski definition) is 3. The molecule has 4 nitrogen and oxygen atoms in total. The first-order valence-corrected chi connectivity index (χ1v) is 4.22. The van der Waals surface area contributed by atoms with Crippen molar-refractivity contribution in [2.24, 2.45) is 5.92 Å². The van der Waals surface area contributed by atoms with Gasteiger partial charge in [-0.3, -0.25) is 4.79 Å². The van der Waals surface area contributed by atoms with Crippen LogP contribution >= 0.6 is 0 Å². The number of aromatic nitrogens is 2. The van der Waals surface area contributed by atoms with E-state index in [1.165, 1.54) is 7.11 Å². The van der Waals surface area contributed by atoms with Crippen molar-refractivity contribution in [1.29, 1.82) is 0 Å². The third-order valence-corrected chi connectivity index (χ3v) is 1.62. The molecule has 74 valence electrons. The predicted octanol–water partition coefficient (Wildman–Crippen LogP) is 1.62. The number of imidazole rings is 1. The van der Waals surface area contributed by atoms with Crippen LogP contribution in [0.15, 0.2) is 18.7 Å². The number of rotatable bonds is 2. The van der Waals surface area contributed by atoms with Gasteiger partial charge in [-0.1, -0.05) is 13.8 Å². The van der Waals surface area contributed by atoms with Crippen LogP contribution in [-0.2, 0) is 9.53 Å².